The van der Waals surface area contributed by atoms with Crippen LogP contribution in [0.15, 0.2) is 17.6 Å². The highest BCUT2D eigenvalue weighted by atomic mass is 32.1. The Kier molecular flexibility index (Phi) is 2.13. The molecule has 0 amide bonds. The van der Waals surface area contributed by atoms with E-state index in [0.29, 0.717) is 11.4 Å². The summed E-state index contributed by atoms with van der Waals surface area (Å²) in [6.45, 7) is 0. The summed E-state index contributed by atoms with van der Waals surface area (Å²) < 4.78 is 0. The molecule has 0 aliphatic carbocycles. The predicted octanol–water partition coefficient (Wildman–Crippen LogP) is 1.16. The van der Waals surface area contributed by atoms with Crippen molar-refractivity contribution in [3.63, 3.8) is 0 Å². The van der Waals surface area contributed by atoms with E-state index in [1.807, 2.05) is 5.38 Å². The van der Waals surface area contributed by atoms with E-state index in [1.165, 1.54) is 11.3 Å². The van der Waals surface area contributed by atoms with Gasteiger partial charge in [-0.15, -0.1) is 17.8 Å². The van der Waals surface area contributed by atoms with Crippen LogP contribution in [0, 0.1) is 12.3 Å². The standard InChI is InChI=1S/C9H6N4S/c1-2-6-5-7(13-9(10)12-6)8-11-3-4-14-8/h1,3-5H,(H2,10,12,13). The van der Waals surface area contributed by atoms with Gasteiger partial charge in [0, 0.05) is 17.6 Å². The first kappa shape index (κ1) is 8.66. The first-order chi connectivity index (χ1) is 6.79. The lowest BCUT2D eigenvalue weighted by Gasteiger charge is -1.98. The molecule has 2 N–H and O–H groups in total. The van der Waals surface area contributed by atoms with Gasteiger partial charge in [-0.3, -0.25) is 0 Å². The molecule has 2 aromatic rings. The predicted molar refractivity (Wildman–Crippen MR) is 55.5 cm³/mol. The third kappa shape index (κ3) is 1.56. The molecule has 0 saturated carbocycles. The van der Waals surface area contributed by atoms with Crippen LogP contribution in [0.4, 0.5) is 5.95 Å². The molecule has 4 nitrogen and oxygen atoms in total. The van der Waals surface area contributed by atoms with Gasteiger partial charge in [-0.25, -0.2) is 15.0 Å². The van der Waals surface area contributed by atoms with Gasteiger partial charge in [-0.1, -0.05) is 5.92 Å². The lowest BCUT2D eigenvalue weighted by molar-refractivity contribution is 1.16. The van der Waals surface area contributed by atoms with Crippen molar-refractivity contribution in [1.29, 1.82) is 0 Å². The Morgan fingerprint density at radius 3 is 2.93 bits per heavy atom. The molecule has 0 unspecified atom stereocenters. The topological polar surface area (TPSA) is 64.7 Å². The van der Waals surface area contributed by atoms with Crippen molar-refractivity contribution in [3.05, 3.63) is 23.3 Å². The summed E-state index contributed by atoms with van der Waals surface area (Å²) in [5.74, 6) is 2.59. The van der Waals surface area contributed by atoms with E-state index in [0.717, 1.165) is 5.01 Å². The van der Waals surface area contributed by atoms with Gasteiger partial charge in [0.1, 0.15) is 16.4 Å². The second-order valence-corrected chi connectivity index (χ2v) is 3.37. The summed E-state index contributed by atoms with van der Waals surface area (Å²) in [5.41, 5.74) is 6.64. The summed E-state index contributed by atoms with van der Waals surface area (Å²) in [6, 6.07) is 1.69. The van der Waals surface area contributed by atoms with E-state index in [-0.39, 0.29) is 5.95 Å². The summed E-state index contributed by atoms with van der Waals surface area (Å²) in [4.78, 5) is 12.0. The van der Waals surface area contributed by atoms with E-state index in [1.54, 1.807) is 12.3 Å². The van der Waals surface area contributed by atoms with Crippen molar-refractivity contribution in [2.24, 2.45) is 0 Å². The molecule has 0 aliphatic rings. The van der Waals surface area contributed by atoms with Gasteiger partial charge in [0.25, 0.3) is 0 Å². The largest absolute Gasteiger partial charge is 0.368 e. The van der Waals surface area contributed by atoms with Crippen molar-refractivity contribution in [2.75, 3.05) is 5.73 Å². The minimum absolute atomic E-state index is 0.172. The lowest BCUT2D eigenvalue weighted by atomic mass is 10.3. The second kappa shape index (κ2) is 3.44. The fourth-order valence-electron chi connectivity index (χ4n) is 0.999. The number of aromatic nitrogens is 3. The molecule has 2 heterocycles. The van der Waals surface area contributed by atoms with Crippen molar-refractivity contribution in [3.8, 4) is 23.0 Å². The summed E-state index contributed by atoms with van der Waals surface area (Å²) in [6.07, 6.45) is 6.93. The Balaban J connectivity index is 2.55. The molecule has 0 atom stereocenters. The average Bonchev–Trinajstić information content (AvgIpc) is 2.69. The maximum absolute atomic E-state index is 5.50. The highest BCUT2D eigenvalue weighted by molar-refractivity contribution is 7.13. The van der Waals surface area contributed by atoms with Gasteiger partial charge in [0.2, 0.25) is 5.95 Å². The molecular weight excluding hydrogens is 196 g/mol. The highest BCUT2D eigenvalue weighted by Crippen LogP contribution is 2.20. The molecule has 0 bridgehead atoms. The van der Waals surface area contributed by atoms with Crippen LogP contribution >= 0.6 is 11.3 Å². The van der Waals surface area contributed by atoms with E-state index in [9.17, 15) is 0 Å². The molecule has 0 aromatic carbocycles. The third-order valence-corrected chi connectivity index (χ3v) is 2.34. The van der Waals surface area contributed by atoms with Crippen LogP contribution in [-0.4, -0.2) is 15.0 Å². The van der Waals surface area contributed by atoms with Gasteiger partial charge in [-0.2, -0.15) is 0 Å². The number of thiazole rings is 1. The van der Waals surface area contributed by atoms with Crippen LogP contribution in [0.5, 0.6) is 0 Å². The molecule has 2 aromatic heterocycles. The van der Waals surface area contributed by atoms with Crippen LogP contribution in [0.3, 0.4) is 0 Å². The van der Waals surface area contributed by atoms with E-state index in [4.69, 9.17) is 12.2 Å². The Morgan fingerprint density at radius 2 is 2.29 bits per heavy atom. The minimum atomic E-state index is 0.172. The van der Waals surface area contributed by atoms with Crippen molar-refractivity contribution >= 4 is 17.3 Å². The number of rotatable bonds is 1. The monoisotopic (exact) mass is 202 g/mol. The average molecular weight is 202 g/mol. The first-order valence-electron chi connectivity index (χ1n) is 3.80. The Morgan fingerprint density at radius 1 is 1.43 bits per heavy atom. The SMILES string of the molecule is C#Cc1cc(-c2nccs2)nc(N)n1. The number of nitrogens with zero attached hydrogens (tertiary/aromatic N) is 3. The zero-order chi connectivity index (χ0) is 9.97. The quantitative estimate of drug-likeness (QED) is 0.705. The normalized spacial score (nSPS) is 9.64. The zero-order valence-corrected chi connectivity index (χ0v) is 7.95. The van der Waals surface area contributed by atoms with Crippen molar-refractivity contribution < 1.29 is 0 Å². The fourth-order valence-corrected chi connectivity index (χ4v) is 1.60. The molecule has 14 heavy (non-hydrogen) atoms. The van der Waals surface area contributed by atoms with Crippen molar-refractivity contribution in [1.82, 2.24) is 15.0 Å². The molecule has 0 aliphatic heterocycles. The Hall–Kier alpha value is -1.93. The number of anilines is 1. The lowest BCUT2D eigenvalue weighted by Crippen LogP contribution is -1.98. The van der Waals surface area contributed by atoms with Crippen LogP contribution < -0.4 is 5.73 Å². The summed E-state index contributed by atoms with van der Waals surface area (Å²) >= 11 is 1.48. The third-order valence-electron chi connectivity index (χ3n) is 1.54. The molecular formula is C9H6N4S. The smallest absolute Gasteiger partial charge is 0.221 e. The zero-order valence-electron chi connectivity index (χ0n) is 7.14. The molecule has 5 heteroatoms. The number of hydrogen-bond donors (Lipinski definition) is 1. The molecule has 0 radical (unpaired) electrons. The molecule has 0 spiro atoms. The summed E-state index contributed by atoms with van der Waals surface area (Å²) in [5, 5.41) is 2.65. The van der Waals surface area contributed by atoms with Gasteiger partial charge >= 0.3 is 0 Å². The minimum Gasteiger partial charge on any atom is -0.368 e. The van der Waals surface area contributed by atoms with Gasteiger partial charge in [0.15, 0.2) is 0 Å². The van der Waals surface area contributed by atoms with Crippen LogP contribution in [-0.2, 0) is 0 Å². The van der Waals surface area contributed by atoms with Crippen LogP contribution in [0.2, 0.25) is 0 Å². The first-order valence-corrected chi connectivity index (χ1v) is 4.68. The maximum atomic E-state index is 5.50. The van der Waals surface area contributed by atoms with Gasteiger partial charge in [0.05, 0.1) is 0 Å². The van der Waals surface area contributed by atoms with E-state index >= 15 is 0 Å². The van der Waals surface area contributed by atoms with E-state index in [2.05, 4.69) is 20.9 Å². The van der Waals surface area contributed by atoms with E-state index < -0.39 is 0 Å². The van der Waals surface area contributed by atoms with Gasteiger partial charge in [-0.05, 0) is 0 Å². The molecule has 0 fully saturated rings. The fraction of sp³-hybridized carbons (Fsp3) is 0. The van der Waals surface area contributed by atoms with Crippen LogP contribution in [0.1, 0.15) is 5.69 Å². The number of nitrogens with two attached hydrogens (primary N) is 1. The number of hydrogen-bond acceptors (Lipinski definition) is 5. The molecule has 2 rings (SSSR count). The molecule has 0 saturated heterocycles. The number of terminal acetylenes is 1. The maximum Gasteiger partial charge on any atom is 0.221 e. The molecule has 68 valence electrons. The van der Waals surface area contributed by atoms with Crippen molar-refractivity contribution in [2.45, 2.75) is 0 Å². The second-order valence-electron chi connectivity index (χ2n) is 2.48. The van der Waals surface area contributed by atoms with Gasteiger partial charge < -0.3 is 5.73 Å². The van der Waals surface area contributed by atoms with Crippen LogP contribution in [0.25, 0.3) is 10.7 Å². The summed E-state index contributed by atoms with van der Waals surface area (Å²) in [7, 11) is 0. The Labute approximate surface area is 84.9 Å². The Bertz CT molecular complexity index is 484. The highest BCUT2D eigenvalue weighted by Gasteiger charge is 2.05. The number of nitrogen functional groups attached to an aromatic ring is 1.